The maximum atomic E-state index is 12.6. The van der Waals surface area contributed by atoms with Gasteiger partial charge in [-0.05, 0) is 59.8 Å². The summed E-state index contributed by atoms with van der Waals surface area (Å²) in [6.07, 6.45) is 3.41. The first-order valence-electron chi connectivity index (χ1n) is 7.56. The van der Waals surface area contributed by atoms with Crippen molar-refractivity contribution in [2.24, 2.45) is 4.99 Å². The Labute approximate surface area is 149 Å². The number of phenols is 2. The maximum Gasteiger partial charge on any atom is 0.267 e. The summed E-state index contributed by atoms with van der Waals surface area (Å²) in [5, 5.41) is 19.3. The summed E-state index contributed by atoms with van der Waals surface area (Å²) in [6.45, 7) is 4.05. The molecule has 2 aromatic rings. The van der Waals surface area contributed by atoms with Gasteiger partial charge in [0.2, 0.25) is 0 Å². The first-order chi connectivity index (χ1) is 12.1. The second kappa shape index (κ2) is 7.27. The third-order valence-electron chi connectivity index (χ3n) is 3.47. The number of carbonyl (C=O) groups is 1. The number of rotatable bonds is 4. The van der Waals surface area contributed by atoms with Crippen LogP contribution in [-0.2, 0) is 4.79 Å². The number of nitrogens with zero attached hydrogens (tertiary/aromatic N) is 2. The number of thioether (sulfide) groups is 1. The predicted octanol–water partition coefficient (Wildman–Crippen LogP) is 3.89. The molecule has 2 N–H and O–H groups in total. The van der Waals surface area contributed by atoms with Crippen molar-refractivity contribution in [2.45, 2.75) is 0 Å². The van der Waals surface area contributed by atoms with Crippen LogP contribution in [0.1, 0.15) is 5.56 Å². The van der Waals surface area contributed by atoms with Crippen LogP contribution in [0, 0.1) is 0 Å². The third kappa shape index (κ3) is 3.92. The quantitative estimate of drug-likeness (QED) is 0.647. The highest BCUT2D eigenvalue weighted by molar-refractivity contribution is 8.18. The van der Waals surface area contributed by atoms with E-state index < -0.39 is 0 Å². The zero-order valence-electron chi connectivity index (χ0n) is 13.3. The molecule has 1 heterocycles. The van der Waals surface area contributed by atoms with Crippen LogP contribution in [0.15, 0.2) is 71.1 Å². The van der Waals surface area contributed by atoms with Crippen molar-refractivity contribution in [2.75, 3.05) is 6.54 Å². The van der Waals surface area contributed by atoms with Crippen LogP contribution in [0.4, 0.5) is 5.69 Å². The normalized spacial score (nSPS) is 17.4. The van der Waals surface area contributed by atoms with Crippen LogP contribution in [0.3, 0.4) is 0 Å². The SMILES string of the molecule is C=CCN1C(=O)C(=Cc2ccc(O)cc2)SC1=Nc1ccc(O)cc1. The number of hydrogen-bond acceptors (Lipinski definition) is 5. The van der Waals surface area contributed by atoms with E-state index in [2.05, 4.69) is 11.6 Å². The van der Waals surface area contributed by atoms with Crippen molar-refractivity contribution in [1.29, 1.82) is 0 Å². The highest BCUT2D eigenvalue weighted by Gasteiger charge is 2.32. The molecule has 1 saturated heterocycles. The smallest absolute Gasteiger partial charge is 0.267 e. The highest BCUT2D eigenvalue weighted by atomic mass is 32.2. The molecular weight excluding hydrogens is 336 g/mol. The minimum absolute atomic E-state index is 0.143. The Morgan fingerprint density at radius 2 is 1.64 bits per heavy atom. The largest absolute Gasteiger partial charge is 0.508 e. The number of aliphatic imine (C=N–C) groups is 1. The molecule has 6 heteroatoms. The molecule has 1 aliphatic heterocycles. The number of hydrogen-bond donors (Lipinski definition) is 2. The molecule has 0 aromatic heterocycles. The van der Waals surface area contributed by atoms with Gasteiger partial charge in [0.05, 0.1) is 10.6 Å². The van der Waals surface area contributed by atoms with E-state index in [0.717, 1.165) is 5.56 Å². The zero-order valence-corrected chi connectivity index (χ0v) is 14.1. The van der Waals surface area contributed by atoms with E-state index in [1.165, 1.54) is 11.8 Å². The van der Waals surface area contributed by atoms with Crippen LogP contribution in [0.2, 0.25) is 0 Å². The van der Waals surface area contributed by atoms with E-state index >= 15 is 0 Å². The summed E-state index contributed by atoms with van der Waals surface area (Å²) >= 11 is 1.28. The van der Waals surface area contributed by atoms with Gasteiger partial charge in [-0.3, -0.25) is 9.69 Å². The van der Waals surface area contributed by atoms with E-state index in [-0.39, 0.29) is 17.4 Å². The number of amidine groups is 1. The maximum absolute atomic E-state index is 12.6. The molecule has 0 bridgehead atoms. The average Bonchev–Trinajstić information content (AvgIpc) is 2.88. The molecular formula is C19H16N2O3S. The monoisotopic (exact) mass is 352 g/mol. The fraction of sp³-hybridized carbons (Fsp3) is 0.0526. The number of carbonyl (C=O) groups excluding carboxylic acids is 1. The average molecular weight is 352 g/mol. The van der Waals surface area contributed by atoms with E-state index in [0.29, 0.717) is 22.3 Å². The molecule has 25 heavy (non-hydrogen) atoms. The number of benzene rings is 2. The predicted molar refractivity (Wildman–Crippen MR) is 101 cm³/mol. The Morgan fingerprint density at radius 1 is 1.04 bits per heavy atom. The van der Waals surface area contributed by atoms with Crippen molar-refractivity contribution in [3.8, 4) is 11.5 Å². The molecule has 5 nitrogen and oxygen atoms in total. The summed E-state index contributed by atoms with van der Waals surface area (Å²) in [6, 6.07) is 13.1. The molecule has 126 valence electrons. The number of amides is 1. The molecule has 0 aliphatic carbocycles. The zero-order chi connectivity index (χ0) is 17.8. The molecule has 0 radical (unpaired) electrons. The fourth-order valence-corrected chi connectivity index (χ4v) is 3.25. The molecule has 1 fully saturated rings. The summed E-state index contributed by atoms with van der Waals surface area (Å²) in [5.74, 6) is 0.195. The van der Waals surface area contributed by atoms with Crippen LogP contribution in [0.5, 0.6) is 11.5 Å². The molecule has 1 aliphatic rings. The van der Waals surface area contributed by atoms with Gasteiger partial charge in [0.15, 0.2) is 5.17 Å². The van der Waals surface area contributed by atoms with Crippen LogP contribution in [-0.4, -0.2) is 32.7 Å². The Hall–Kier alpha value is -2.99. The van der Waals surface area contributed by atoms with Crippen LogP contribution in [0.25, 0.3) is 6.08 Å². The van der Waals surface area contributed by atoms with E-state index in [1.54, 1.807) is 65.6 Å². The van der Waals surface area contributed by atoms with E-state index in [4.69, 9.17) is 0 Å². The third-order valence-corrected chi connectivity index (χ3v) is 4.47. The van der Waals surface area contributed by atoms with Crippen molar-refractivity contribution < 1.29 is 15.0 Å². The topological polar surface area (TPSA) is 73.1 Å². The van der Waals surface area contributed by atoms with Crippen molar-refractivity contribution in [3.63, 3.8) is 0 Å². The Balaban J connectivity index is 1.93. The fourth-order valence-electron chi connectivity index (χ4n) is 2.24. The molecule has 2 aromatic carbocycles. The lowest BCUT2D eigenvalue weighted by atomic mass is 10.2. The van der Waals surface area contributed by atoms with Crippen molar-refractivity contribution >= 4 is 34.6 Å². The summed E-state index contributed by atoms with van der Waals surface area (Å²) < 4.78 is 0. The standard InChI is InChI=1S/C19H16N2O3S/c1-2-11-21-18(24)17(12-13-3-7-15(22)8-4-13)25-19(21)20-14-5-9-16(23)10-6-14/h2-10,12,22-23H,1,11H2. The van der Waals surface area contributed by atoms with Gasteiger partial charge in [-0.15, -0.1) is 6.58 Å². The molecule has 3 rings (SSSR count). The van der Waals surface area contributed by atoms with Gasteiger partial charge in [0.1, 0.15) is 11.5 Å². The first-order valence-corrected chi connectivity index (χ1v) is 8.37. The Morgan fingerprint density at radius 3 is 2.24 bits per heavy atom. The molecule has 0 atom stereocenters. The van der Waals surface area contributed by atoms with Gasteiger partial charge in [-0.1, -0.05) is 18.2 Å². The van der Waals surface area contributed by atoms with Gasteiger partial charge < -0.3 is 10.2 Å². The van der Waals surface area contributed by atoms with Gasteiger partial charge in [-0.25, -0.2) is 4.99 Å². The second-order valence-corrected chi connectivity index (χ2v) is 6.33. The Bertz CT molecular complexity index is 855. The lowest BCUT2D eigenvalue weighted by Crippen LogP contribution is -2.29. The minimum atomic E-state index is -0.143. The molecule has 0 saturated carbocycles. The lowest BCUT2D eigenvalue weighted by Gasteiger charge is -2.12. The van der Waals surface area contributed by atoms with Gasteiger partial charge in [0.25, 0.3) is 5.91 Å². The lowest BCUT2D eigenvalue weighted by molar-refractivity contribution is -0.121. The highest BCUT2D eigenvalue weighted by Crippen LogP contribution is 2.34. The summed E-state index contributed by atoms with van der Waals surface area (Å²) in [5.41, 5.74) is 1.46. The molecule has 0 spiro atoms. The van der Waals surface area contributed by atoms with Crippen LogP contribution >= 0.6 is 11.8 Å². The summed E-state index contributed by atoms with van der Waals surface area (Å²) in [7, 11) is 0. The molecule has 1 amide bonds. The number of phenolic OH excluding ortho intramolecular Hbond substituents is 2. The molecule has 0 unspecified atom stereocenters. The van der Waals surface area contributed by atoms with Gasteiger partial charge >= 0.3 is 0 Å². The Kier molecular flexibility index (Phi) is 4.90. The minimum Gasteiger partial charge on any atom is -0.508 e. The van der Waals surface area contributed by atoms with Crippen molar-refractivity contribution in [3.05, 3.63) is 71.7 Å². The first kappa shape index (κ1) is 16.9. The van der Waals surface area contributed by atoms with E-state index in [1.807, 2.05) is 0 Å². The summed E-state index contributed by atoms with van der Waals surface area (Å²) in [4.78, 5) is 19.2. The second-order valence-electron chi connectivity index (χ2n) is 5.32. The van der Waals surface area contributed by atoms with Crippen molar-refractivity contribution in [1.82, 2.24) is 4.90 Å². The van der Waals surface area contributed by atoms with Crippen LogP contribution < -0.4 is 0 Å². The number of aromatic hydroxyl groups is 2. The van der Waals surface area contributed by atoms with Gasteiger partial charge in [0, 0.05) is 6.54 Å². The van der Waals surface area contributed by atoms with E-state index in [9.17, 15) is 15.0 Å². The van der Waals surface area contributed by atoms with Gasteiger partial charge in [-0.2, -0.15) is 0 Å².